The summed E-state index contributed by atoms with van der Waals surface area (Å²) >= 11 is 5.76. The molecule has 1 aliphatic rings. The molecule has 26 heavy (non-hydrogen) atoms. The van der Waals surface area contributed by atoms with Gasteiger partial charge in [-0.25, -0.2) is 9.38 Å². The maximum absolute atomic E-state index is 13.7. The molecule has 144 valence electrons. The fraction of sp³-hybridized carbons (Fsp3) is 0.556. The molecule has 0 aromatic heterocycles. The van der Waals surface area contributed by atoms with E-state index < -0.39 is 5.82 Å². The minimum atomic E-state index is -0.408. The molecule has 0 aliphatic carbocycles. The Bertz CT molecular complexity index is 652. The highest BCUT2D eigenvalue weighted by Gasteiger charge is 2.24. The summed E-state index contributed by atoms with van der Waals surface area (Å²) in [6.07, 6.45) is 1.86. The summed E-state index contributed by atoms with van der Waals surface area (Å²) in [5.74, 6) is 0.179. The van der Waals surface area contributed by atoms with Gasteiger partial charge in [0.25, 0.3) is 0 Å². The zero-order valence-electron chi connectivity index (χ0n) is 15.6. The average Bonchev–Trinajstić information content (AvgIpc) is 3.07. The van der Waals surface area contributed by atoms with E-state index in [9.17, 15) is 9.18 Å². The molecule has 2 N–H and O–H groups in total. The first-order valence-corrected chi connectivity index (χ1v) is 9.23. The van der Waals surface area contributed by atoms with Crippen LogP contribution in [0, 0.1) is 5.82 Å². The number of nitrogens with one attached hydrogen (secondary N) is 2. The number of nitrogens with zero attached hydrogens (tertiary/aromatic N) is 3. The first kappa shape index (κ1) is 20.3. The molecule has 1 fully saturated rings. The number of aliphatic imine (C=N–C) groups is 1. The molecule has 8 heteroatoms. The number of hydrogen-bond acceptors (Lipinski definition) is 3. The Morgan fingerprint density at radius 1 is 1.46 bits per heavy atom. The highest BCUT2D eigenvalue weighted by atomic mass is 35.5. The number of benzene rings is 1. The van der Waals surface area contributed by atoms with Crippen LogP contribution in [0.2, 0.25) is 5.02 Å². The van der Waals surface area contributed by atoms with Crippen LogP contribution in [0.3, 0.4) is 0 Å². The lowest BCUT2D eigenvalue weighted by atomic mass is 10.2. The van der Waals surface area contributed by atoms with Gasteiger partial charge in [0.2, 0.25) is 5.91 Å². The third-order valence-corrected chi connectivity index (χ3v) is 4.52. The Balaban J connectivity index is 1.97. The molecule has 2 rings (SSSR count). The van der Waals surface area contributed by atoms with Gasteiger partial charge >= 0.3 is 0 Å². The molecule has 1 heterocycles. The number of guanidine groups is 1. The summed E-state index contributed by atoms with van der Waals surface area (Å²) in [7, 11) is 3.43. The van der Waals surface area contributed by atoms with Crippen LogP contribution in [0.15, 0.2) is 23.2 Å². The van der Waals surface area contributed by atoms with Crippen molar-refractivity contribution in [3.63, 3.8) is 0 Å². The lowest BCUT2D eigenvalue weighted by Gasteiger charge is -2.21. The number of halogens is 2. The minimum Gasteiger partial charge on any atom is -0.369 e. The van der Waals surface area contributed by atoms with Gasteiger partial charge in [-0.1, -0.05) is 18.5 Å². The van der Waals surface area contributed by atoms with Crippen molar-refractivity contribution in [2.45, 2.75) is 25.8 Å². The van der Waals surface area contributed by atoms with Crippen molar-refractivity contribution in [3.8, 4) is 0 Å². The predicted molar refractivity (Wildman–Crippen MR) is 104 cm³/mol. The van der Waals surface area contributed by atoms with E-state index in [0.717, 1.165) is 38.2 Å². The van der Waals surface area contributed by atoms with Crippen LogP contribution < -0.4 is 15.5 Å². The van der Waals surface area contributed by atoms with Crippen molar-refractivity contribution in [1.82, 2.24) is 15.5 Å². The number of carbonyl (C=O) groups excluding carboxylic acids is 1. The SMILES string of the molecule is CCCNC(=NCC(=O)N(C)C)NC1CCN(c2ccc(Cl)c(F)c2)C1. The second-order valence-corrected chi connectivity index (χ2v) is 6.96. The van der Waals surface area contributed by atoms with Gasteiger partial charge in [0.05, 0.1) is 5.02 Å². The monoisotopic (exact) mass is 383 g/mol. The highest BCUT2D eigenvalue weighted by molar-refractivity contribution is 6.30. The Morgan fingerprint density at radius 2 is 2.23 bits per heavy atom. The molecule has 1 aromatic carbocycles. The summed E-state index contributed by atoms with van der Waals surface area (Å²) in [5.41, 5.74) is 0.819. The first-order chi connectivity index (χ1) is 12.4. The largest absolute Gasteiger partial charge is 0.369 e. The van der Waals surface area contributed by atoms with Gasteiger partial charge in [-0.3, -0.25) is 4.79 Å². The van der Waals surface area contributed by atoms with Crippen LogP contribution in [-0.4, -0.2) is 63.1 Å². The van der Waals surface area contributed by atoms with E-state index in [4.69, 9.17) is 11.6 Å². The van der Waals surface area contributed by atoms with Crippen LogP contribution in [0.4, 0.5) is 10.1 Å². The number of amides is 1. The minimum absolute atomic E-state index is 0.0488. The van der Waals surface area contributed by atoms with Crippen molar-refractivity contribution in [2.24, 2.45) is 4.99 Å². The molecule has 1 unspecified atom stereocenters. The number of carbonyl (C=O) groups is 1. The third-order valence-electron chi connectivity index (χ3n) is 4.21. The zero-order chi connectivity index (χ0) is 19.1. The molecule has 1 atom stereocenters. The zero-order valence-corrected chi connectivity index (χ0v) is 16.3. The molecule has 0 spiro atoms. The Morgan fingerprint density at radius 3 is 2.88 bits per heavy atom. The van der Waals surface area contributed by atoms with E-state index in [1.807, 2.05) is 6.07 Å². The van der Waals surface area contributed by atoms with Gasteiger partial charge in [-0.15, -0.1) is 0 Å². The second kappa shape index (κ2) is 9.62. The molecular formula is C18H27ClFN5O. The fourth-order valence-corrected chi connectivity index (χ4v) is 2.79. The topological polar surface area (TPSA) is 60.0 Å². The summed E-state index contributed by atoms with van der Waals surface area (Å²) in [4.78, 5) is 19.8. The van der Waals surface area contributed by atoms with E-state index in [-0.39, 0.29) is 23.5 Å². The summed E-state index contributed by atoms with van der Waals surface area (Å²) in [5, 5.41) is 6.74. The van der Waals surface area contributed by atoms with Gasteiger partial charge in [0, 0.05) is 45.5 Å². The molecule has 1 amide bonds. The van der Waals surface area contributed by atoms with Crippen molar-refractivity contribution < 1.29 is 9.18 Å². The predicted octanol–water partition coefficient (Wildman–Crippen LogP) is 2.09. The molecular weight excluding hydrogens is 357 g/mol. The molecule has 0 bridgehead atoms. The fourth-order valence-electron chi connectivity index (χ4n) is 2.67. The highest BCUT2D eigenvalue weighted by Crippen LogP contribution is 2.24. The van der Waals surface area contributed by atoms with E-state index in [0.29, 0.717) is 5.96 Å². The van der Waals surface area contributed by atoms with Gasteiger partial charge in [-0.05, 0) is 31.0 Å². The lowest BCUT2D eigenvalue weighted by molar-refractivity contribution is -0.127. The molecule has 6 nitrogen and oxygen atoms in total. The van der Waals surface area contributed by atoms with Crippen molar-refractivity contribution in [3.05, 3.63) is 29.0 Å². The maximum Gasteiger partial charge on any atom is 0.243 e. The normalized spacial score (nSPS) is 17.3. The van der Waals surface area contributed by atoms with Gasteiger partial charge in [0.15, 0.2) is 5.96 Å². The second-order valence-electron chi connectivity index (χ2n) is 6.55. The van der Waals surface area contributed by atoms with Crippen molar-refractivity contribution in [2.75, 3.05) is 45.2 Å². The van der Waals surface area contributed by atoms with E-state index in [1.54, 1.807) is 20.2 Å². The molecule has 0 radical (unpaired) electrons. The van der Waals surface area contributed by atoms with Crippen molar-refractivity contribution in [1.29, 1.82) is 0 Å². The van der Waals surface area contributed by atoms with Crippen LogP contribution in [-0.2, 0) is 4.79 Å². The van der Waals surface area contributed by atoms with Crippen LogP contribution in [0.5, 0.6) is 0 Å². The Kier molecular flexibility index (Phi) is 7.50. The van der Waals surface area contributed by atoms with E-state index in [2.05, 4.69) is 27.4 Å². The molecule has 1 saturated heterocycles. The van der Waals surface area contributed by atoms with Crippen LogP contribution >= 0.6 is 11.6 Å². The Labute approximate surface area is 159 Å². The number of likely N-dealkylation sites (N-methyl/N-ethyl adjacent to an activating group) is 1. The van der Waals surface area contributed by atoms with Gasteiger partial charge < -0.3 is 20.4 Å². The molecule has 1 aromatic rings. The first-order valence-electron chi connectivity index (χ1n) is 8.85. The quantitative estimate of drug-likeness (QED) is 0.583. The average molecular weight is 384 g/mol. The van der Waals surface area contributed by atoms with Crippen molar-refractivity contribution >= 4 is 29.2 Å². The standard InChI is InChI=1S/C18H27ClFN5O/c1-4-8-21-18(22-11-17(26)24(2)3)23-13-7-9-25(12-13)14-5-6-15(19)16(20)10-14/h5-6,10,13H,4,7-9,11-12H2,1-3H3,(H2,21,22,23). The number of rotatable bonds is 6. The summed E-state index contributed by atoms with van der Waals surface area (Å²) in [6, 6.07) is 5.04. The molecule has 1 aliphatic heterocycles. The smallest absolute Gasteiger partial charge is 0.243 e. The summed E-state index contributed by atoms with van der Waals surface area (Å²) < 4.78 is 13.7. The van der Waals surface area contributed by atoms with Gasteiger partial charge in [-0.2, -0.15) is 0 Å². The third kappa shape index (κ3) is 5.76. The van der Waals surface area contributed by atoms with Gasteiger partial charge in [0.1, 0.15) is 12.4 Å². The summed E-state index contributed by atoms with van der Waals surface area (Å²) in [6.45, 7) is 4.50. The van der Waals surface area contributed by atoms with Crippen LogP contribution in [0.25, 0.3) is 0 Å². The lowest BCUT2D eigenvalue weighted by Crippen LogP contribution is -2.45. The Hall–Kier alpha value is -2.02. The van der Waals surface area contributed by atoms with E-state index in [1.165, 1.54) is 11.0 Å². The van der Waals surface area contributed by atoms with Crippen LogP contribution in [0.1, 0.15) is 19.8 Å². The van der Waals surface area contributed by atoms with E-state index >= 15 is 0 Å². The number of anilines is 1. The molecule has 0 saturated carbocycles. The maximum atomic E-state index is 13.7. The number of hydrogen-bond donors (Lipinski definition) is 2.